The summed E-state index contributed by atoms with van der Waals surface area (Å²) in [4.78, 5) is 12.3. The highest BCUT2D eigenvalue weighted by molar-refractivity contribution is 5.92. The van der Waals surface area contributed by atoms with E-state index in [1.165, 1.54) is 0 Å². The highest BCUT2D eigenvalue weighted by atomic mass is 16.2. The predicted octanol–water partition coefficient (Wildman–Crippen LogP) is 2.50. The van der Waals surface area contributed by atoms with Crippen LogP contribution in [-0.4, -0.2) is 35.2 Å². The average molecular weight is 364 g/mol. The van der Waals surface area contributed by atoms with Gasteiger partial charge in [0.15, 0.2) is 11.5 Å². The molecule has 1 aliphatic heterocycles. The molecule has 1 aliphatic rings. The van der Waals surface area contributed by atoms with Crippen LogP contribution in [0.2, 0.25) is 0 Å². The van der Waals surface area contributed by atoms with Crippen LogP contribution in [0.25, 0.3) is 0 Å². The number of nitrogens with zero attached hydrogens (tertiary/aromatic N) is 3. The van der Waals surface area contributed by atoms with E-state index in [1.54, 1.807) is 12.1 Å². The number of aromatic nitrogens is 2. The number of hydrogen-bond acceptors (Lipinski definition) is 6. The lowest BCUT2D eigenvalue weighted by Gasteiger charge is -2.23. The van der Waals surface area contributed by atoms with Crippen LogP contribution >= 0.6 is 0 Å². The summed E-state index contributed by atoms with van der Waals surface area (Å²) in [7, 11) is 0. The lowest BCUT2D eigenvalue weighted by atomic mass is 9.86. The van der Waals surface area contributed by atoms with Crippen molar-refractivity contribution < 1.29 is 4.79 Å². The van der Waals surface area contributed by atoms with E-state index in [-0.39, 0.29) is 11.9 Å². The molecule has 1 fully saturated rings. The van der Waals surface area contributed by atoms with Crippen LogP contribution in [0, 0.1) is 11.3 Å². The molecule has 27 heavy (non-hydrogen) atoms. The Bertz CT molecular complexity index is 834. The first kappa shape index (κ1) is 18.8. The van der Waals surface area contributed by atoms with Crippen LogP contribution in [0.15, 0.2) is 36.4 Å². The van der Waals surface area contributed by atoms with E-state index in [0.29, 0.717) is 11.5 Å². The minimum atomic E-state index is -0.569. The number of anilines is 2. The zero-order valence-corrected chi connectivity index (χ0v) is 15.6. The number of carbonyl (C=O) groups is 1. The van der Waals surface area contributed by atoms with E-state index in [2.05, 4.69) is 32.2 Å². The average Bonchev–Trinajstić information content (AvgIpc) is 2.69. The first-order chi connectivity index (χ1) is 13.0. The molecular formula is C20H24N6O. The molecule has 7 nitrogen and oxygen atoms in total. The number of amides is 1. The monoisotopic (exact) mass is 364 g/mol. The maximum atomic E-state index is 12.3. The molecule has 0 aliphatic carbocycles. The Balaban J connectivity index is 1.65. The number of benzene rings is 1. The van der Waals surface area contributed by atoms with Crippen LogP contribution in [0.4, 0.5) is 11.5 Å². The van der Waals surface area contributed by atoms with Gasteiger partial charge in [0.05, 0.1) is 11.5 Å². The van der Waals surface area contributed by atoms with Gasteiger partial charge in [-0.1, -0.05) is 12.1 Å². The first-order valence-electron chi connectivity index (χ1n) is 9.12. The summed E-state index contributed by atoms with van der Waals surface area (Å²) in [5.41, 5.74) is 1.47. The lowest BCUT2D eigenvalue weighted by molar-refractivity contribution is 0.0923. The lowest BCUT2D eigenvalue weighted by Crippen LogP contribution is -2.43. The van der Waals surface area contributed by atoms with Gasteiger partial charge in [-0.2, -0.15) is 5.26 Å². The largest absolute Gasteiger partial charge is 0.348 e. The number of piperidine rings is 1. The van der Waals surface area contributed by atoms with E-state index in [4.69, 9.17) is 0 Å². The highest BCUT2D eigenvalue weighted by Crippen LogP contribution is 2.25. The number of hydrogen-bond donors (Lipinski definition) is 3. The molecule has 1 amide bonds. The van der Waals surface area contributed by atoms with Crippen LogP contribution in [-0.2, 0) is 5.41 Å². The summed E-state index contributed by atoms with van der Waals surface area (Å²) in [6, 6.07) is 13.5. The van der Waals surface area contributed by atoms with Crippen molar-refractivity contribution in [1.82, 2.24) is 20.8 Å². The van der Waals surface area contributed by atoms with Gasteiger partial charge in [-0.15, -0.1) is 10.2 Å². The molecule has 0 radical (unpaired) electrons. The summed E-state index contributed by atoms with van der Waals surface area (Å²) >= 11 is 0. The van der Waals surface area contributed by atoms with Crippen LogP contribution in [0.3, 0.4) is 0 Å². The highest BCUT2D eigenvalue weighted by Gasteiger charge is 2.20. The third kappa shape index (κ3) is 4.80. The van der Waals surface area contributed by atoms with Gasteiger partial charge in [-0.3, -0.25) is 4.79 Å². The maximum absolute atomic E-state index is 12.3. The van der Waals surface area contributed by atoms with E-state index in [9.17, 15) is 10.1 Å². The summed E-state index contributed by atoms with van der Waals surface area (Å²) in [6.07, 6.45) is 1.85. The van der Waals surface area contributed by atoms with Crippen molar-refractivity contribution in [2.24, 2.45) is 0 Å². The minimum absolute atomic E-state index is 0.185. The Labute approximate surface area is 159 Å². The Morgan fingerprint density at radius 2 is 2.00 bits per heavy atom. The Morgan fingerprint density at radius 1 is 1.22 bits per heavy atom. The Morgan fingerprint density at radius 3 is 2.67 bits per heavy atom. The SMILES string of the molecule is CC(C)(C#N)c1cccc(Nc2ccc(C(=O)NC3CCNCC3)nn2)c1. The Kier molecular flexibility index (Phi) is 5.67. The van der Waals surface area contributed by atoms with Gasteiger partial charge in [0.2, 0.25) is 0 Å². The molecule has 2 aromatic rings. The van der Waals surface area contributed by atoms with Gasteiger partial charge < -0.3 is 16.0 Å². The molecule has 0 saturated carbocycles. The third-order valence-electron chi connectivity index (χ3n) is 4.71. The molecule has 3 rings (SSSR count). The summed E-state index contributed by atoms with van der Waals surface area (Å²) in [5.74, 6) is 0.346. The van der Waals surface area contributed by atoms with Crippen molar-refractivity contribution in [2.75, 3.05) is 18.4 Å². The van der Waals surface area contributed by atoms with Gasteiger partial charge in [-0.05, 0) is 69.6 Å². The van der Waals surface area contributed by atoms with Gasteiger partial charge in [0, 0.05) is 11.7 Å². The molecule has 0 bridgehead atoms. The second-order valence-electron chi connectivity index (χ2n) is 7.24. The molecule has 0 unspecified atom stereocenters. The van der Waals surface area contributed by atoms with Crippen molar-refractivity contribution in [3.8, 4) is 6.07 Å². The molecule has 1 aromatic carbocycles. The fourth-order valence-corrected chi connectivity index (χ4v) is 2.94. The van der Waals surface area contributed by atoms with E-state index >= 15 is 0 Å². The van der Waals surface area contributed by atoms with Crippen molar-refractivity contribution in [3.63, 3.8) is 0 Å². The summed E-state index contributed by atoms with van der Waals surface area (Å²) in [6.45, 7) is 5.59. The molecule has 3 N–H and O–H groups in total. The third-order valence-corrected chi connectivity index (χ3v) is 4.71. The standard InChI is InChI=1S/C20H24N6O/c1-20(2,13-21)14-4-3-5-16(12-14)23-18-7-6-17(25-26-18)19(27)24-15-8-10-22-11-9-15/h3-7,12,15,22H,8-11H2,1-2H3,(H,23,26)(H,24,27). The van der Waals surface area contributed by atoms with E-state index < -0.39 is 5.41 Å². The normalized spacial score (nSPS) is 15.0. The smallest absolute Gasteiger partial charge is 0.272 e. The van der Waals surface area contributed by atoms with Crippen LogP contribution < -0.4 is 16.0 Å². The molecule has 2 heterocycles. The van der Waals surface area contributed by atoms with Gasteiger partial charge in [0.1, 0.15) is 0 Å². The van der Waals surface area contributed by atoms with Gasteiger partial charge in [0.25, 0.3) is 5.91 Å². The number of nitriles is 1. The summed E-state index contributed by atoms with van der Waals surface area (Å²) in [5, 5.41) is 26.9. The fraction of sp³-hybridized carbons (Fsp3) is 0.400. The topological polar surface area (TPSA) is 103 Å². The van der Waals surface area contributed by atoms with Crippen LogP contribution in [0.5, 0.6) is 0 Å². The van der Waals surface area contributed by atoms with Crippen molar-refractivity contribution in [1.29, 1.82) is 5.26 Å². The second kappa shape index (κ2) is 8.14. The Hall–Kier alpha value is -2.98. The van der Waals surface area contributed by atoms with Crippen LogP contribution in [0.1, 0.15) is 42.7 Å². The molecule has 0 spiro atoms. The first-order valence-corrected chi connectivity index (χ1v) is 9.12. The molecule has 1 aromatic heterocycles. The van der Waals surface area contributed by atoms with Gasteiger partial charge >= 0.3 is 0 Å². The summed E-state index contributed by atoms with van der Waals surface area (Å²) < 4.78 is 0. The minimum Gasteiger partial charge on any atom is -0.348 e. The number of carbonyl (C=O) groups excluding carboxylic acids is 1. The molecule has 0 atom stereocenters. The quantitative estimate of drug-likeness (QED) is 0.753. The van der Waals surface area contributed by atoms with Crippen molar-refractivity contribution in [3.05, 3.63) is 47.7 Å². The van der Waals surface area contributed by atoms with Gasteiger partial charge in [-0.25, -0.2) is 0 Å². The molecule has 7 heteroatoms. The zero-order valence-electron chi connectivity index (χ0n) is 15.6. The van der Waals surface area contributed by atoms with E-state index in [0.717, 1.165) is 37.2 Å². The van der Waals surface area contributed by atoms with E-state index in [1.807, 2.05) is 38.1 Å². The molecular weight excluding hydrogens is 340 g/mol. The van der Waals surface area contributed by atoms with Crippen molar-refractivity contribution in [2.45, 2.75) is 38.1 Å². The van der Waals surface area contributed by atoms with Crippen molar-refractivity contribution >= 4 is 17.4 Å². The second-order valence-corrected chi connectivity index (χ2v) is 7.24. The molecule has 1 saturated heterocycles. The number of nitrogens with one attached hydrogen (secondary N) is 3. The zero-order chi connectivity index (χ0) is 19.3. The molecule has 140 valence electrons. The number of rotatable bonds is 5. The maximum Gasteiger partial charge on any atom is 0.272 e. The fourth-order valence-electron chi connectivity index (χ4n) is 2.94. The predicted molar refractivity (Wildman–Crippen MR) is 104 cm³/mol.